The van der Waals surface area contributed by atoms with Crippen molar-refractivity contribution in [2.75, 3.05) is 0 Å². The van der Waals surface area contributed by atoms with Gasteiger partial charge >= 0.3 is 0 Å². The molecule has 0 aliphatic rings. The predicted molar refractivity (Wildman–Crippen MR) is 200 cm³/mol. The minimum Gasteiger partial charge on any atom is -0.208 e. The first-order chi connectivity index (χ1) is 23.8. The Morgan fingerprint density at radius 2 is 0.792 bits per heavy atom. The van der Waals surface area contributed by atoms with Gasteiger partial charge < -0.3 is 0 Å². The molecule has 0 amide bonds. The average Bonchev–Trinajstić information content (AvgIpc) is 3.17. The molecule has 0 aliphatic carbocycles. The summed E-state index contributed by atoms with van der Waals surface area (Å²) in [5.41, 5.74) is 7.66. The molecule has 0 atom stereocenters. The molecule has 0 radical (unpaired) electrons. The first-order valence-corrected chi connectivity index (χ1v) is 16.2. The Morgan fingerprint density at radius 1 is 0.250 bits per heavy atom. The highest BCUT2D eigenvalue weighted by molar-refractivity contribution is 6.00. The molecular formula is C45H29N3. The Kier molecular flexibility index (Phi) is 6.80. The van der Waals surface area contributed by atoms with Crippen LogP contribution in [0.15, 0.2) is 176 Å². The first kappa shape index (κ1) is 27.8. The second kappa shape index (κ2) is 11.7. The third-order valence-electron chi connectivity index (χ3n) is 9.09. The van der Waals surface area contributed by atoms with E-state index in [1.807, 2.05) is 24.3 Å². The smallest absolute Gasteiger partial charge is 0.164 e. The van der Waals surface area contributed by atoms with Crippen LogP contribution in [0.2, 0.25) is 0 Å². The van der Waals surface area contributed by atoms with Gasteiger partial charge in [-0.1, -0.05) is 158 Å². The van der Waals surface area contributed by atoms with E-state index in [0.29, 0.717) is 17.5 Å². The minimum atomic E-state index is 0.647. The highest BCUT2D eigenvalue weighted by atomic mass is 15.0. The maximum Gasteiger partial charge on any atom is 0.164 e. The van der Waals surface area contributed by atoms with Crippen molar-refractivity contribution in [3.05, 3.63) is 176 Å². The van der Waals surface area contributed by atoms with Crippen molar-refractivity contribution in [3.8, 4) is 56.4 Å². The highest BCUT2D eigenvalue weighted by Crippen LogP contribution is 2.35. The fraction of sp³-hybridized carbons (Fsp3) is 0. The predicted octanol–water partition coefficient (Wildman–Crippen LogP) is 11.7. The van der Waals surface area contributed by atoms with Gasteiger partial charge in [-0.15, -0.1) is 0 Å². The lowest BCUT2D eigenvalue weighted by Gasteiger charge is -2.12. The van der Waals surface area contributed by atoms with Gasteiger partial charge in [0.25, 0.3) is 0 Å². The quantitative estimate of drug-likeness (QED) is 0.194. The summed E-state index contributed by atoms with van der Waals surface area (Å²) in [5.74, 6) is 1.95. The molecule has 48 heavy (non-hydrogen) atoms. The molecule has 224 valence electrons. The van der Waals surface area contributed by atoms with E-state index in [0.717, 1.165) is 32.8 Å². The summed E-state index contributed by atoms with van der Waals surface area (Å²) in [5, 5.41) is 7.04. The largest absolute Gasteiger partial charge is 0.208 e. The molecule has 9 rings (SSSR count). The van der Waals surface area contributed by atoms with Gasteiger partial charge in [0.05, 0.1) is 0 Å². The minimum absolute atomic E-state index is 0.647. The molecule has 0 unspecified atom stereocenters. The lowest BCUT2D eigenvalue weighted by molar-refractivity contribution is 1.08. The second-order valence-corrected chi connectivity index (χ2v) is 12.1. The van der Waals surface area contributed by atoms with E-state index in [2.05, 4.69) is 152 Å². The lowest BCUT2D eigenvalue weighted by atomic mass is 9.95. The summed E-state index contributed by atoms with van der Waals surface area (Å²) in [6, 6.07) is 61.8. The molecule has 0 saturated heterocycles. The Hall–Kier alpha value is -6.45. The molecule has 9 aromatic rings. The number of nitrogens with zero attached hydrogens (tertiary/aromatic N) is 3. The standard InChI is InChI=1S/C45H29N3/c1-3-11-30(12-4-1)34-25-26-41-35(27-34)17-10-20-42(41)45-47-43(33-14-5-2-6-15-33)46-44(48-45)37-24-22-31-21-23-36(28-38(31)29-37)40-19-9-16-32-13-7-8-18-39(32)40/h1-29H. The van der Waals surface area contributed by atoms with Crippen molar-refractivity contribution >= 4 is 32.3 Å². The van der Waals surface area contributed by atoms with Crippen LogP contribution in [0.5, 0.6) is 0 Å². The summed E-state index contributed by atoms with van der Waals surface area (Å²) >= 11 is 0. The number of hydrogen-bond donors (Lipinski definition) is 0. The molecule has 0 fully saturated rings. The average molecular weight is 612 g/mol. The molecule has 0 bridgehead atoms. The van der Waals surface area contributed by atoms with Crippen LogP contribution in [-0.4, -0.2) is 15.0 Å². The Bertz CT molecular complexity index is 2600. The fourth-order valence-electron chi connectivity index (χ4n) is 6.66. The molecule has 8 aromatic carbocycles. The normalized spacial score (nSPS) is 11.3. The number of hydrogen-bond acceptors (Lipinski definition) is 3. The number of fused-ring (bicyclic) bond motifs is 3. The van der Waals surface area contributed by atoms with Crippen LogP contribution in [0.1, 0.15) is 0 Å². The van der Waals surface area contributed by atoms with Crippen molar-refractivity contribution < 1.29 is 0 Å². The zero-order valence-electron chi connectivity index (χ0n) is 26.1. The van der Waals surface area contributed by atoms with Crippen LogP contribution in [-0.2, 0) is 0 Å². The van der Waals surface area contributed by atoms with E-state index in [-0.39, 0.29) is 0 Å². The summed E-state index contributed by atoms with van der Waals surface area (Å²) in [4.78, 5) is 15.2. The van der Waals surface area contributed by atoms with Gasteiger partial charge in [-0.2, -0.15) is 0 Å². The summed E-state index contributed by atoms with van der Waals surface area (Å²) in [6.07, 6.45) is 0. The SMILES string of the molecule is c1ccc(-c2ccc3c(-c4nc(-c5ccccc5)nc(-c5ccc6ccc(-c7cccc8ccccc78)cc6c5)n4)cccc3c2)cc1. The maximum atomic E-state index is 5.14. The van der Waals surface area contributed by atoms with Gasteiger partial charge in [0.15, 0.2) is 17.5 Å². The van der Waals surface area contributed by atoms with Crippen LogP contribution < -0.4 is 0 Å². The first-order valence-electron chi connectivity index (χ1n) is 16.2. The van der Waals surface area contributed by atoms with Gasteiger partial charge in [-0.05, 0) is 72.8 Å². The molecule has 1 heterocycles. The van der Waals surface area contributed by atoms with Crippen molar-refractivity contribution in [1.82, 2.24) is 15.0 Å². The monoisotopic (exact) mass is 611 g/mol. The molecular weight excluding hydrogens is 583 g/mol. The number of aromatic nitrogens is 3. The topological polar surface area (TPSA) is 38.7 Å². The van der Waals surface area contributed by atoms with Gasteiger partial charge in [0, 0.05) is 16.7 Å². The molecule has 1 aromatic heterocycles. The lowest BCUT2D eigenvalue weighted by Crippen LogP contribution is -2.00. The molecule has 0 aliphatic heterocycles. The number of rotatable bonds is 5. The van der Waals surface area contributed by atoms with E-state index in [4.69, 9.17) is 15.0 Å². The molecule has 0 spiro atoms. The van der Waals surface area contributed by atoms with Crippen molar-refractivity contribution in [2.24, 2.45) is 0 Å². The zero-order valence-corrected chi connectivity index (χ0v) is 26.1. The Balaban J connectivity index is 1.19. The zero-order chi connectivity index (χ0) is 31.9. The van der Waals surface area contributed by atoms with E-state index in [1.54, 1.807) is 0 Å². The maximum absolute atomic E-state index is 5.14. The molecule has 3 nitrogen and oxygen atoms in total. The van der Waals surface area contributed by atoms with Crippen molar-refractivity contribution in [1.29, 1.82) is 0 Å². The van der Waals surface area contributed by atoms with Crippen molar-refractivity contribution in [2.45, 2.75) is 0 Å². The van der Waals surface area contributed by atoms with Crippen LogP contribution >= 0.6 is 0 Å². The van der Waals surface area contributed by atoms with Crippen LogP contribution in [0.25, 0.3) is 88.7 Å². The summed E-state index contributed by atoms with van der Waals surface area (Å²) < 4.78 is 0. The molecule has 0 N–H and O–H groups in total. The van der Waals surface area contributed by atoms with E-state index >= 15 is 0 Å². The van der Waals surface area contributed by atoms with Gasteiger partial charge in [0.1, 0.15) is 0 Å². The third-order valence-corrected chi connectivity index (χ3v) is 9.09. The van der Waals surface area contributed by atoms with Crippen LogP contribution in [0.4, 0.5) is 0 Å². The Morgan fingerprint density at radius 3 is 1.60 bits per heavy atom. The number of benzene rings is 8. The summed E-state index contributed by atoms with van der Waals surface area (Å²) in [7, 11) is 0. The molecule has 0 saturated carbocycles. The highest BCUT2D eigenvalue weighted by Gasteiger charge is 2.15. The van der Waals surface area contributed by atoms with Gasteiger partial charge in [-0.25, -0.2) is 15.0 Å². The Labute approximate surface area is 278 Å². The second-order valence-electron chi connectivity index (χ2n) is 12.1. The van der Waals surface area contributed by atoms with Crippen molar-refractivity contribution in [3.63, 3.8) is 0 Å². The summed E-state index contributed by atoms with van der Waals surface area (Å²) in [6.45, 7) is 0. The van der Waals surface area contributed by atoms with Crippen LogP contribution in [0.3, 0.4) is 0 Å². The third kappa shape index (κ3) is 5.08. The van der Waals surface area contributed by atoms with Gasteiger partial charge in [-0.3, -0.25) is 0 Å². The molecule has 3 heteroatoms. The fourth-order valence-corrected chi connectivity index (χ4v) is 6.66. The van der Waals surface area contributed by atoms with Crippen LogP contribution in [0, 0.1) is 0 Å². The van der Waals surface area contributed by atoms with E-state index < -0.39 is 0 Å². The van der Waals surface area contributed by atoms with E-state index in [9.17, 15) is 0 Å². The van der Waals surface area contributed by atoms with E-state index in [1.165, 1.54) is 38.4 Å². The van der Waals surface area contributed by atoms with Gasteiger partial charge in [0.2, 0.25) is 0 Å².